The molecule has 4 nitrogen and oxygen atoms in total. The Kier molecular flexibility index (Phi) is 5.62. The zero-order valence-electron chi connectivity index (χ0n) is 12.9. The van der Waals surface area contributed by atoms with Crippen molar-refractivity contribution in [2.75, 3.05) is 26.2 Å². The molecule has 0 aromatic heterocycles. The van der Waals surface area contributed by atoms with E-state index in [9.17, 15) is 4.79 Å². The third kappa shape index (κ3) is 5.05. The second-order valence-electron chi connectivity index (χ2n) is 6.16. The van der Waals surface area contributed by atoms with E-state index in [0.717, 1.165) is 29.7 Å². The van der Waals surface area contributed by atoms with Crippen LogP contribution in [0.2, 0.25) is 0 Å². The minimum atomic E-state index is -0.808. The molecule has 1 saturated heterocycles. The molecular weight excluding hydrogens is 266 g/mol. The van der Waals surface area contributed by atoms with Crippen LogP contribution in [0, 0.1) is 11.8 Å². The van der Waals surface area contributed by atoms with Crippen molar-refractivity contribution in [3.63, 3.8) is 0 Å². The number of hydrogen-bond acceptors (Lipinski definition) is 3. The second kappa shape index (κ2) is 7.46. The van der Waals surface area contributed by atoms with Crippen molar-refractivity contribution >= 4 is 5.97 Å². The largest absolute Gasteiger partial charge is 0.492 e. The van der Waals surface area contributed by atoms with Crippen LogP contribution in [0.4, 0.5) is 0 Å². The molecule has 1 aliphatic rings. The highest BCUT2D eigenvalue weighted by atomic mass is 16.5. The smallest absolute Gasteiger partial charge is 0.307 e. The van der Waals surface area contributed by atoms with Gasteiger partial charge in [-0.15, -0.1) is 0 Å². The zero-order valence-corrected chi connectivity index (χ0v) is 12.9. The van der Waals surface area contributed by atoms with Gasteiger partial charge in [-0.3, -0.25) is 9.69 Å². The average Bonchev–Trinajstić information content (AvgIpc) is 2.89. The predicted octanol–water partition coefficient (Wildman–Crippen LogP) is 2.67. The maximum absolute atomic E-state index is 10.6. The van der Waals surface area contributed by atoms with Crippen molar-refractivity contribution in [1.29, 1.82) is 0 Å². The number of nitrogens with zero attached hydrogens (tertiary/aromatic N) is 1. The van der Waals surface area contributed by atoms with Crippen LogP contribution in [0.1, 0.15) is 25.8 Å². The molecule has 1 fully saturated rings. The molecule has 1 aliphatic heterocycles. The van der Waals surface area contributed by atoms with Crippen LogP contribution in [-0.2, 0) is 11.2 Å². The maximum Gasteiger partial charge on any atom is 0.307 e. The summed E-state index contributed by atoms with van der Waals surface area (Å²) in [5.41, 5.74) is 0.800. The molecule has 1 N–H and O–H groups in total. The normalized spacial score (nSPS) is 19.1. The van der Waals surface area contributed by atoms with Gasteiger partial charge in [-0.25, -0.2) is 0 Å². The van der Waals surface area contributed by atoms with E-state index in [2.05, 4.69) is 18.7 Å². The van der Waals surface area contributed by atoms with E-state index in [1.165, 1.54) is 19.5 Å². The van der Waals surface area contributed by atoms with E-state index in [-0.39, 0.29) is 6.42 Å². The second-order valence-corrected chi connectivity index (χ2v) is 6.16. The van der Waals surface area contributed by atoms with Crippen molar-refractivity contribution < 1.29 is 14.6 Å². The number of carboxylic acid groups (broad SMARTS) is 1. The number of hydrogen-bond donors (Lipinski definition) is 1. The number of benzene rings is 1. The molecule has 0 amide bonds. The first-order valence-electron chi connectivity index (χ1n) is 7.70. The maximum atomic E-state index is 10.6. The topological polar surface area (TPSA) is 49.8 Å². The highest BCUT2D eigenvalue weighted by molar-refractivity contribution is 5.70. The molecule has 116 valence electrons. The lowest BCUT2D eigenvalue weighted by Crippen LogP contribution is -2.27. The lowest BCUT2D eigenvalue weighted by molar-refractivity contribution is -0.136. The molecule has 1 atom stereocenters. The highest BCUT2D eigenvalue weighted by Gasteiger charge is 2.24. The monoisotopic (exact) mass is 291 g/mol. The van der Waals surface area contributed by atoms with Crippen molar-refractivity contribution in [1.82, 2.24) is 4.90 Å². The third-order valence-electron chi connectivity index (χ3n) is 4.21. The van der Waals surface area contributed by atoms with Gasteiger partial charge in [0.05, 0.1) is 6.42 Å². The lowest BCUT2D eigenvalue weighted by Gasteiger charge is -2.18. The van der Waals surface area contributed by atoms with Gasteiger partial charge < -0.3 is 9.84 Å². The molecular formula is C17H25NO3. The Morgan fingerprint density at radius 3 is 2.67 bits per heavy atom. The molecule has 0 saturated carbocycles. The lowest BCUT2D eigenvalue weighted by atomic mass is 9.95. The Balaban J connectivity index is 1.70. The average molecular weight is 291 g/mol. The molecule has 21 heavy (non-hydrogen) atoms. The zero-order chi connectivity index (χ0) is 15.2. The van der Waals surface area contributed by atoms with Gasteiger partial charge in [0, 0.05) is 13.1 Å². The molecule has 0 bridgehead atoms. The summed E-state index contributed by atoms with van der Waals surface area (Å²) in [7, 11) is 0. The molecule has 0 spiro atoms. The Labute approximate surface area is 126 Å². The standard InChI is InChI=1S/C17H25NO3/c1-13(2)15-7-8-18(12-15)9-10-21-16-5-3-14(4-6-16)11-17(19)20/h3-6,13,15H,7-12H2,1-2H3,(H,19,20). The van der Waals surface area contributed by atoms with E-state index >= 15 is 0 Å². The molecule has 1 unspecified atom stereocenters. The molecule has 4 heteroatoms. The van der Waals surface area contributed by atoms with Crippen LogP contribution in [-0.4, -0.2) is 42.2 Å². The van der Waals surface area contributed by atoms with Crippen molar-refractivity contribution in [3.05, 3.63) is 29.8 Å². The van der Waals surface area contributed by atoms with Crippen molar-refractivity contribution in [3.8, 4) is 5.75 Å². The molecule has 1 aromatic carbocycles. The number of likely N-dealkylation sites (tertiary alicyclic amines) is 1. The van der Waals surface area contributed by atoms with Gasteiger partial charge in [-0.1, -0.05) is 26.0 Å². The fraction of sp³-hybridized carbons (Fsp3) is 0.588. The van der Waals surface area contributed by atoms with Crippen molar-refractivity contribution in [2.45, 2.75) is 26.7 Å². The molecule has 1 heterocycles. The predicted molar refractivity (Wildman–Crippen MR) is 82.7 cm³/mol. The summed E-state index contributed by atoms with van der Waals surface area (Å²) in [6.45, 7) is 8.58. The van der Waals surface area contributed by atoms with Gasteiger partial charge in [0.1, 0.15) is 12.4 Å². The molecule has 1 aromatic rings. The Bertz CT molecular complexity index is 456. The van der Waals surface area contributed by atoms with Crippen LogP contribution < -0.4 is 4.74 Å². The van der Waals surface area contributed by atoms with Crippen LogP contribution in [0.3, 0.4) is 0 Å². The van der Waals surface area contributed by atoms with Crippen LogP contribution in [0.25, 0.3) is 0 Å². The number of carboxylic acids is 1. The molecule has 0 aliphatic carbocycles. The highest BCUT2D eigenvalue weighted by Crippen LogP contribution is 2.23. The van der Waals surface area contributed by atoms with E-state index in [1.54, 1.807) is 0 Å². The van der Waals surface area contributed by atoms with E-state index < -0.39 is 5.97 Å². The van der Waals surface area contributed by atoms with Gasteiger partial charge >= 0.3 is 5.97 Å². The summed E-state index contributed by atoms with van der Waals surface area (Å²) in [5.74, 6) is 1.58. The summed E-state index contributed by atoms with van der Waals surface area (Å²) >= 11 is 0. The fourth-order valence-electron chi connectivity index (χ4n) is 2.78. The Hall–Kier alpha value is -1.55. The Morgan fingerprint density at radius 2 is 2.10 bits per heavy atom. The summed E-state index contributed by atoms with van der Waals surface area (Å²) in [5, 5.41) is 8.72. The number of carbonyl (C=O) groups is 1. The van der Waals surface area contributed by atoms with Gasteiger partial charge in [-0.05, 0) is 42.5 Å². The first-order chi connectivity index (χ1) is 10.0. The first kappa shape index (κ1) is 15.8. The van der Waals surface area contributed by atoms with E-state index in [4.69, 9.17) is 9.84 Å². The summed E-state index contributed by atoms with van der Waals surface area (Å²) < 4.78 is 5.73. The van der Waals surface area contributed by atoms with Gasteiger partial charge in [0.2, 0.25) is 0 Å². The van der Waals surface area contributed by atoms with Gasteiger partial charge in [0.25, 0.3) is 0 Å². The fourth-order valence-corrected chi connectivity index (χ4v) is 2.78. The Morgan fingerprint density at radius 1 is 1.38 bits per heavy atom. The quantitative estimate of drug-likeness (QED) is 0.839. The van der Waals surface area contributed by atoms with E-state index in [0.29, 0.717) is 6.61 Å². The number of ether oxygens (including phenoxy) is 1. The third-order valence-corrected chi connectivity index (χ3v) is 4.21. The summed E-state index contributed by atoms with van der Waals surface area (Å²) in [6, 6.07) is 7.32. The minimum Gasteiger partial charge on any atom is -0.492 e. The van der Waals surface area contributed by atoms with Crippen LogP contribution >= 0.6 is 0 Å². The van der Waals surface area contributed by atoms with Crippen molar-refractivity contribution in [2.24, 2.45) is 11.8 Å². The number of aliphatic carboxylic acids is 1. The minimum absolute atomic E-state index is 0.0602. The van der Waals surface area contributed by atoms with Gasteiger partial charge in [0.15, 0.2) is 0 Å². The first-order valence-corrected chi connectivity index (χ1v) is 7.70. The van der Waals surface area contributed by atoms with Crippen LogP contribution in [0.15, 0.2) is 24.3 Å². The van der Waals surface area contributed by atoms with Gasteiger partial charge in [-0.2, -0.15) is 0 Å². The summed E-state index contributed by atoms with van der Waals surface area (Å²) in [4.78, 5) is 13.1. The molecule has 0 radical (unpaired) electrons. The SMILES string of the molecule is CC(C)C1CCN(CCOc2ccc(CC(=O)O)cc2)C1. The summed E-state index contributed by atoms with van der Waals surface area (Å²) in [6.07, 6.45) is 1.35. The van der Waals surface area contributed by atoms with Crippen LogP contribution in [0.5, 0.6) is 5.75 Å². The number of rotatable bonds is 7. The van der Waals surface area contributed by atoms with E-state index in [1.807, 2.05) is 24.3 Å². The molecule has 2 rings (SSSR count).